The van der Waals surface area contributed by atoms with E-state index in [9.17, 15) is 0 Å². The maximum atomic E-state index is 5.59. The van der Waals surface area contributed by atoms with Crippen molar-refractivity contribution >= 4 is 15.9 Å². The number of hydrogen-bond acceptors (Lipinski definition) is 1. The van der Waals surface area contributed by atoms with Crippen molar-refractivity contribution in [3.63, 3.8) is 0 Å². The first-order valence-corrected chi connectivity index (χ1v) is 4.94. The number of rotatable bonds is 5. The summed E-state index contributed by atoms with van der Waals surface area (Å²) in [5.74, 6) is 0. The number of alkyl halides is 1. The van der Waals surface area contributed by atoms with E-state index in [0.717, 1.165) is 24.8 Å². The van der Waals surface area contributed by atoms with E-state index >= 15 is 0 Å². The maximum absolute atomic E-state index is 5.59. The molecule has 0 saturated heterocycles. The molecule has 0 radical (unpaired) electrons. The summed E-state index contributed by atoms with van der Waals surface area (Å²) in [6, 6.07) is 0. The summed E-state index contributed by atoms with van der Waals surface area (Å²) in [6.07, 6.45) is 2.18. The van der Waals surface area contributed by atoms with Gasteiger partial charge in [0, 0.05) is 11.9 Å². The topological polar surface area (TPSA) is 9.23 Å². The molecule has 0 aliphatic carbocycles. The van der Waals surface area contributed by atoms with Crippen molar-refractivity contribution in [1.29, 1.82) is 0 Å². The van der Waals surface area contributed by atoms with Gasteiger partial charge in [-0.2, -0.15) is 0 Å². The van der Waals surface area contributed by atoms with Gasteiger partial charge in [-0.1, -0.05) is 22.9 Å². The summed E-state index contributed by atoms with van der Waals surface area (Å²) in [7, 11) is 0. The van der Waals surface area contributed by atoms with E-state index in [1.807, 2.05) is 0 Å². The average molecular weight is 209 g/mol. The van der Waals surface area contributed by atoms with Crippen LogP contribution in [0.15, 0.2) is 0 Å². The Balaban J connectivity index is 3.28. The highest BCUT2D eigenvalue weighted by atomic mass is 79.9. The van der Waals surface area contributed by atoms with Crippen molar-refractivity contribution in [2.24, 2.45) is 0 Å². The Morgan fingerprint density at radius 3 is 2.40 bits per heavy atom. The third-order valence-corrected chi connectivity index (χ3v) is 2.18. The van der Waals surface area contributed by atoms with Gasteiger partial charge in [-0.3, -0.25) is 0 Å². The SMILES string of the molecule is CCC(C)(C)OCCCBr. The number of hydrogen-bond donors (Lipinski definition) is 0. The van der Waals surface area contributed by atoms with Crippen LogP contribution in [0.3, 0.4) is 0 Å². The Labute approximate surface area is 72.3 Å². The largest absolute Gasteiger partial charge is 0.376 e. The molecule has 0 aliphatic heterocycles. The molecule has 1 nitrogen and oxygen atoms in total. The lowest BCUT2D eigenvalue weighted by molar-refractivity contribution is -0.0191. The van der Waals surface area contributed by atoms with Crippen LogP contribution in [0.1, 0.15) is 33.6 Å². The fraction of sp³-hybridized carbons (Fsp3) is 1.00. The molecule has 0 bridgehead atoms. The zero-order valence-corrected chi connectivity index (χ0v) is 8.70. The lowest BCUT2D eigenvalue weighted by Crippen LogP contribution is -2.23. The van der Waals surface area contributed by atoms with Crippen molar-refractivity contribution in [1.82, 2.24) is 0 Å². The Bertz CT molecular complexity index is 81.3. The second-order valence-corrected chi connectivity index (χ2v) is 3.80. The molecule has 0 saturated carbocycles. The first-order chi connectivity index (χ1) is 4.62. The molecule has 0 heterocycles. The first-order valence-electron chi connectivity index (χ1n) is 3.82. The molecule has 0 N–H and O–H groups in total. The van der Waals surface area contributed by atoms with Crippen LogP contribution in [0.5, 0.6) is 0 Å². The van der Waals surface area contributed by atoms with E-state index in [4.69, 9.17) is 4.74 Å². The smallest absolute Gasteiger partial charge is 0.0623 e. The fourth-order valence-electron chi connectivity index (χ4n) is 0.505. The summed E-state index contributed by atoms with van der Waals surface area (Å²) >= 11 is 3.36. The van der Waals surface area contributed by atoms with Gasteiger partial charge in [0.2, 0.25) is 0 Å². The first kappa shape index (κ1) is 10.4. The summed E-state index contributed by atoms with van der Waals surface area (Å²) < 4.78 is 5.59. The molecular formula is C8H17BrO. The molecule has 0 rings (SSSR count). The van der Waals surface area contributed by atoms with Crippen LogP contribution < -0.4 is 0 Å². The monoisotopic (exact) mass is 208 g/mol. The Morgan fingerprint density at radius 2 is 2.00 bits per heavy atom. The van der Waals surface area contributed by atoms with E-state index in [1.165, 1.54) is 0 Å². The van der Waals surface area contributed by atoms with Crippen molar-refractivity contribution < 1.29 is 4.74 Å². The molecule has 0 aromatic carbocycles. The lowest BCUT2D eigenvalue weighted by atomic mass is 10.1. The standard InChI is InChI=1S/C8H17BrO/c1-4-8(2,3)10-7-5-6-9/h4-7H2,1-3H3. The highest BCUT2D eigenvalue weighted by Gasteiger charge is 2.13. The van der Waals surface area contributed by atoms with Crippen molar-refractivity contribution in [3.8, 4) is 0 Å². The molecule has 0 spiro atoms. The number of halogens is 1. The molecular weight excluding hydrogens is 192 g/mol. The average Bonchev–Trinajstić information content (AvgIpc) is 1.89. The molecule has 62 valence electrons. The van der Waals surface area contributed by atoms with E-state index in [1.54, 1.807) is 0 Å². The second kappa shape index (κ2) is 5.14. The highest BCUT2D eigenvalue weighted by Crippen LogP contribution is 2.13. The maximum Gasteiger partial charge on any atom is 0.0623 e. The normalized spacial score (nSPS) is 12.0. The van der Waals surface area contributed by atoms with Crippen LogP contribution in [-0.2, 0) is 4.74 Å². The van der Waals surface area contributed by atoms with E-state index in [0.29, 0.717) is 0 Å². The summed E-state index contributed by atoms with van der Waals surface area (Å²) in [4.78, 5) is 0. The molecule has 10 heavy (non-hydrogen) atoms. The zero-order valence-electron chi connectivity index (χ0n) is 7.11. The van der Waals surface area contributed by atoms with Crippen LogP contribution in [-0.4, -0.2) is 17.5 Å². The van der Waals surface area contributed by atoms with Gasteiger partial charge in [-0.15, -0.1) is 0 Å². The van der Waals surface area contributed by atoms with Gasteiger partial charge >= 0.3 is 0 Å². The van der Waals surface area contributed by atoms with Crippen LogP contribution >= 0.6 is 15.9 Å². The van der Waals surface area contributed by atoms with Crippen LogP contribution in [0.25, 0.3) is 0 Å². The van der Waals surface area contributed by atoms with Crippen LogP contribution in [0.4, 0.5) is 0 Å². The van der Waals surface area contributed by atoms with Gasteiger partial charge in [-0.05, 0) is 26.7 Å². The minimum Gasteiger partial charge on any atom is -0.376 e. The van der Waals surface area contributed by atoms with Gasteiger partial charge in [-0.25, -0.2) is 0 Å². The summed E-state index contributed by atoms with van der Waals surface area (Å²) in [5.41, 5.74) is 0.0716. The van der Waals surface area contributed by atoms with Gasteiger partial charge in [0.25, 0.3) is 0 Å². The van der Waals surface area contributed by atoms with E-state index in [2.05, 4.69) is 36.7 Å². The molecule has 0 unspecified atom stereocenters. The third-order valence-electron chi connectivity index (χ3n) is 1.62. The Hall–Kier alpha value is 0.440. The Kier molecular flexibility index (Phi) is 5.36. The van der Waals surface area contributed by atoms with Crippen molar-refractivity contribution in [2.75, 3.05) is 11.9 Å². The van der Waals surface area contributed by atoms with Crippen molar-refractivity contribution in [3.05, 3.63) is 0 Å². The molecule has 0 aromatic heterocycles. The zero-order chi connectivity index (χ0) is 8.04. The predicted molar refractivity (Wildman–Crippen MR) is 48.7 cm³/mol. The minimum absolute atomic E-state index is 0.0716. The molecule has 0 atom stereocenters. The second-order valence-electron chi connectivity index (χ2n) is 3.00. The van der Waals surface area contributed by atoms with Gasteiger partial charge < -0.3 is 4.74 Å². The van der Waals surface area contributed by atoms with E-state index in [-0.39, 0.29) is 5.60 Å². The van der Waals surface area contributed by atoms with Crippen molar-refractivity contribution in [2.45, 2.75) is 39.2 Å². The number of ether oxygens (including phenoxy) is 1. The van der Waals surface area contributed by atoms with Gasteiger partial charge in [0.05, 0.1) is 5.60 Å². The quantitative estimate of drug-likeness (QED) is 0.499. The fourth-order valence-corrected chi connectivity index (χ4v) is 0.734. The molecule has 2 heteroatoms. The summed E-state index contributed by atoms with van der Waals surface area (Å²) in [5, 5.41) is 1.03. The van der Waals surface area contributed by atoms with Crippen LogP contribution in [0.2, 0.25) is 0 Å². The Morgan fingerprint density at radius 1 is 1.40 bits per heavy atom. The third kappa shape index (κ3) is 5.24. The van der Waals surface area contributed by atoms with Gasteiger partial charge in [0.1, 0.15) is 0 Å². The lowest BCUT2D eigenvalue weighted by Gasteiger charge is -2.23. The van der Waals surface area contributed by atoms with Crippen LogP contribution in [0, 0.1) is 0 Å². The van der Waals surface area contributed by atoms with E-state index < -0.39 is 0 Å². The summed E-state index contributed by atoms with van der Waals surface area (Å²) in [6.45, 7) is 7.27. The van der Waals surface area contributed by atoms with Gasteiger partial charge in [0.15, 0.2) is 0 Å². The molecule has 0 amide bonds. The minimum atomic E-state index is 0.0716. The predicted octanol–water partition coefficient (Wildman–Crippen LogP) is 2.98. The molecule has 0 fully saturated rings. The highest BCUT2D eigenvalue weighted by molar-refractivity contribution is 9.09. The molecule has 0 aromatic rings. The molecule has 0 aliphatic rings.